The quantitative estimate of drug-likeness (QED) is 0.856. The van der Waals surface area contributed by atoms with E-state index in [1.54, 1.807) is 6.07 Å². The Kier molecular flexibility index (Phi) is 4.25. The van der Waals surface area contributed by atoms with Gasteiger partial charge in [-0.3, -0.25) is 5.10 Å². The Morgan fingerprint density at radius 1 is 1.45 bits per heavy atom. The maximum atomic E-state index is 13.9. The van der Waals surface area contributed by atoms with Crippen molar-refractivity contribution in [1.82, 2.24) is 10.2 Å². The first-order valence-electron chi connectivity index (χ1n) is 6.83. The second kappa shape index (κ2) is 6.16. The minimum absolute atomic E-state index is 0.140. The molecule has 5 nitrogen and oxygen atoms in total. The lowest BCUT2D eigenvalue weighted by atomic mass is 9.77. The molecule has 0 amide bonds. The molecule has 2 heterocycles. The van der Waals surface area contributed by atoms with Gasteiger partial charge >= 0.3 is 0 Å². The minimum Gasteiger partial charge on any atom is -0.379 e. The summed E-state index contributed by atoms with van der Waals surface area (Å²) in [6.45, 7) is 0.813. The van der Waals surface area contributed by atoms with Crippen molar-refractivity contribution in [2.24, 2.45) is 5.73 Å². The molecule has 3 N–H and O–H groups in total. The van der Waals surface area contributed by atoms with Crippen LogP contribution in [0.4, 0.5) is 4.39 Å². The molecule has 0 spiro atoms. The SMILES string of the molecule is N#Cc1cn[nH]c1C1C(N)COCC1c1ccc(Br)c(F)c1. The number of nitriles is 1. The average Bonchev–Trinajstić information content (AvgIpc) is 2.98. The van der Waals surface area contributed by atoms with E-state index < -0.39 is 0 Å². The zero-order chi connectivity index (χ0) is 15.7. The fourth-order valence-electron chi connectivity index (χ4n) is 2.94. The first kappa shape index (κ1) is 15.2. The lowest BCUT2D eigenvalue weighted by Gasteiger charge is -2.36. The van der Waals surface area contributed by atoms with E-state index in [9.17, 15) is 9.65 Å². The smallest absolute Gasteiger partial charge is 0.137 e. The summed E-state index contributed by atoms with van der Waals surface area (Å²) in [5.74, 6) is -0.647. The van der Waals surface area contributed by atoms with Gasteiger partial charge in [0, 0.05) is 17.9 Å². The summed E-state index contributed by atoms with van der Waals surface area (Å²) < 4.78 is 19.8. The Bertz CT molecular complexity index is 727. The molecule has 0 radical (unpaired) electrons. The van der Waals surface area contributed by atoms with Gasteiger partial charge in [0.05, 0.1) is 35.1 Å². The summed E-state index contributed by atoms with van der Waals surface area (Å²) in [6, 6.07) is 6.81. The zero-order valence-corrected chi connectivity index (χ0v) is 13.2. The molecule has 3 rings (SSSR count). The number of halogens is 2. The fourth-order valence-corrected chi connectivity index (χ4v) is 3.18. The van der Waals surface area contributed by atoms with Crippen molar-refractivity contribution >= 4 is 15.9 Å². The first-order chi connectivity index (χ1) is 10.6. The van der Waals surface area contributed by atoms with E-state index in [2.05, 4.69) is 32.2 Å². The molecule has 0 saturated carbocycles. The Morgan fingerprint density at radius 2 is 2.27 bits per heavy atom. The predicted octanol–water partition coefficient (Wildman–Crippen LogP) is 2.41. The summed E-state index contributed by atoms with van der Waals surface area (Å²) in [5.41, 5.74) is 8.14. The van der Waals surface area contributed by atoms with Crippen molar-refractivity contribution in [3.05, 3.63) is 51.5 Å². The Balaban J connectivity index is 2.04. The number of rotatable bonds is 2. The van der Waals surface area contributed by atoms with Gasteiger partial charge in [-0.2, -0.15) is 10.4 Å². The highest BCUT2D eigenvalue weighted by Crippen LogP contribution is 2.39. The Labute approximate surface area is 135 Å². The van der Waals surface area contributed by atoms with E-state index >= 15 is 0 Å². The summed E-state index contributed by atoms with van der Waals surface area (Å²) >= 11 is 3.15. The van der Waals surface area contributed by atoms with Crippen LogP contribution in [-0.4, -0.2) is 29.5 Å². The average molecular weight is 365 g/mol. The lowest BCUT2D eigenvalue weighted by molar-refractivity contribution is 0.0512. The molecular formula is C15H14BrFN4O. The molecule has 1 fully saturated rings. The van der Waals surface area contributed by atoms with Crippen molar-refractivity contribution in [2.75, 3.05) is 13.2 Å². The normalized spacial score (nSPS) is 24.9. The summed E-state index contributed by atoms with van der Waals surface area (Å²) in [4.78, 5) is 0. The number of aromatic amines is 1. The van der Waals surface area contributed by atoms with E-state index in [0.29, 0.717) is 28.9 Å². The largest absolute Gasteiger partial charge is 0.379 e. The van der Waals surface area contributed by atoms with Gasteiger partial charge in [-0.1, -0.05) is 6.07 Å². The zero-order valence-electron chi connectivity index (χ0n) is 11.6. The number of ether oxygens (including phenoxy) is 1. The number of aromatic nitrogens is 2. The van der Waals surface area contributed by atoms with Crippen molar-refractivity contribution in [1.29, 1.82) is 5.26 Å². The standard InChI is InChI=1S/C15H14BrFN4O/c16-11-2-1-8(3-12(11)17)10-6-22-7-13(19)14(10)15-9(4-18)5-20-21-15/h1-3,5,10,13-14H,6-7,19H2,(H,20,21). The molecule has 1 aromatic carbocycles. The van der Waals surface area contributed by atoms with Gasteiger partial charge in [0.1, 0.15) is 11.9 Å². The molecule has 0 bridgehead atoms. The monoisotopic (exact) mass is 364 g/mol. The minimum atomic E-state index is -0.333. The van der Waals surface area contributed by atoms with Crippen LogP contribution >= 0.6 is 15.9 Å². The number of hydrogen-bond donors (Lipinski definition) is 2. The van der Waals surface area contributed by atoms with Gasteiger partial charge in [-0.15, -0.1) is 0 Å². The molecule has 3 unspecified atom stereocenters. The van der Waals surface area contributed by atoms with Crippen LogP contribution in [0.2, 0.25) is 0 Å². The van der Waals surface area contributed by atoms with Crippen LogP contribution in [0.1, 0.15) is 28.7 Å². The number of nitrogens with one attached hydrogen (secondary N) is 1. The topological polar surface area (TPSA) is 87.7 Å². The van der Waals surface area contributed by atoms with Crippen LogP contribution < -0.4 is 5.73 Å². The molecule has 1 saturated heterocycles. The molecule has 7 heteroatoms. The van der Waals surface area contributed by atoms with Gasteiger partial charge in [-0.05, 0) is 33.6 Å². The van der Waals surface area contributed by atoms with Gasteiger partial charge < -0.3 is 10.5 Å². The third-order valence-corrected chi connectivity index (χ3v) is 4.64. The van der Waals surface area contributed by atoms with Gasteiger partial charge in [-0.25, -0.2) is 4.39 Å². The molecule has 3 atom stereocenters. The Morgan fingerprint density at radius 3 is 3.00 bits per heavy atom. The van der Waals surface area contributed by atoms with Crippen molar-refractivity contribution < 1.29 is 9.13 Å². The summed E-state index contributed by atoms with van der Waals surface area (Å²) in [7, 11) is 0. The molecule has 1 aliphatic rings. The van der Waals surface area contributed by atoms with Crippen LogP contribution in [0, 0.1) is 17.1 Å². The van der Waals surface area contributed by atoms with Gasteiger partial charge in [0.2, 0.25) is 0 Å². The summed E-state index contributed by atoms with van der Waals surface area (Å²) in [6.07, 6.45) is 1.48. The number of benzene rings is 1. The van der Waals surface area contributed by atoms with Crippen LogP contribution in [0.5, 0.6) is 0 Å². The van der Waals surface area contributed by atoms with Gasteiger partial charge in [0.25, 0.3) is 0 Å². The summed E-state index contributed by atoms with van der Waals surface area (Å²) in [5, 5.41) is 16.0. The highest BCUT2D eigenvalue weighted by Gasteiger charge is 2.37. The van der Waals surface area contributed by atoms with Crippen molar-refractivity contribution in [2.45, 2.75) is 17.9 Å². The van der Waals surface area contributed by atoms with Crippen LogP contribution in [0.25, 0.3) is 0 Å². The molecule has 0 aliphatic carbocycles. The van der Waals surface area contributed by atoms with Crippen LogP contribution in [0.3, 0.4) is 0 Å². The number of nitrogens with two attached hydrogens (primary N) is 1. The number of hydrogen-bond acceptors (Lipinski definition) is 4. The maximum absolute atomic E-state index is 13.9. The van der Waals surface area contributed by atoms with E-state index in [1.165, 1.54) is 12.3 Å². The van der Waals surface area contributed by atoms with E-state index in [4.69, 9.17) is 10.5 Å². The second-order valence-electron chi connectivity index (χ2n) is 5.32. The molecule has 22 heavy (non-hydrogen) atoms. The molecule has 1 aromatic heterocycles. The molecule has 2 aromatic rings. The molecular weight excluding hydrogens is 351 g/mol. The third-order valence-electron chi connectivity index (χ3n) is 4.00. The van der Waals surface area contributed by atoms with E-state index in [1.807, 2.05) is 6.07 Å². The molecule has 1 aliphatic heterocycles. The second-order valence-corrected chi connectivity index (χ2v) is 6.17. The van der Waals surface area contributed by atoms with Crippen LogP contribution in [0.15, 0.2) is 28.9 Å². The first-order valence-corrected chi connectivity index (χ1v) is 7.62. The van der Waals surface area contributed by atoms with Crippen molar-refractivity contribution in [3.8, 4) is 6.07 Å². The highest BCUT2D eigenvalue weighted by atomic mass is 79.9. The fraction of sp³-hybridized carbons (Fsp3) is 0.333. The predicted molar refractivity (Wildman–Crippen MR) is 81.7 cm³/mol. The highest BCUT2D eigenvalue weighted by molar-refractivity contribution is 9.10. The van der Waals surface area contributed by atoms with Crippen LogP contribution in [-0.2, 0) is 4.74 Å². The third kappa shape index (κ3) is 2.65. The molecule has 114 valence electrons. The number of H-pyrrole nitrogens is 1. The Hall–Kier alpha value is -1.75. The maximum Gasteiger partial charge on any atom is 0.137 e. The van der Waals surface area contributed by atoms with Crippen molar-refractivity contribution in [3.63, 3.8) is 0 Å². The van der Waals surface area contributed by atoms with E-state index in [0.717, 1.165) is 5.56 Å². The van der Waals surface area contributed by atoms with E-state index in [-0.39, 0.29) is 23.7 Å². The lowest BCUT2D eigenvalue weighted by Crippen LogP contribution is -2.43. The van der Waals surface area contributed by atoms with Gasteiger partial charge in [0.15, 0.2) is 0 Å². The number of nitrogens with zero attached hydrogens (tertiary/aromatic N) is 2.